The first kappa shape index (κ1) is 14.3. The molecule has 1 heterocycles. The van der Waals surface area contributed by atoms with Crippen molar-refractivity contribution in [2.45, 2.75) is 35.5 Å². The van der Waals surface area contributed by atoms with E-state index in [4.69, 9.17) is 0 Å². The highest BCUT2D eigenvalue weighted by Gasteiger charge is 2.29. The smallest absolute Gasteiger partial charge is 0.207 e. The van der Waals surface area contributed by atoms with Crippen molar-refractivity contribution in [3.05, 3.63) is 59.2 Å². The highest BCUT2D eigenvalue weighted by molar-refractivity contribution is 7.91. The van der Waals surface area contributed by atoms with Crippen LogP contribution >= 0.6 is 0 Å². The maximum absolute atomic E-state index is 12.7. The molecule has 1 aliphatic heterocycles. The summed E-state index contributed by atoms with van der Waals surface area (Å²) >= 11 is 0. The van der Waals surface area contributed by atoms with E-state index < -0.39 is 9.84 Å². The molecule has 1 unspecified atom stereocenters. The monoisotopic (exact) mass is 302 g/mol. The van der Waals surface area contributed by atoms with Gasteiger partial charge in [-0.3, -0.25) is 0 Å². The topological polar surface area (TPSA) is 54.4 Å². The van der Waals surface area contributed by atoms with E-state index in [1.54, 1.807) is 18.2 Å². The van der Waals surface area contributed by atoms with E-state index in [1.807, 2.05) is 31.2 Å². The Bertz CT molecular complexity index is 774. The third-order valence-corrected chi connectivity index (χ3v) is 6.16. The molecule has 0 aliphatic carbocycles. The second-order valence-electron chi connectivity index (χ2n) is 5.44. The summed E-state index contributed by atoms with van der Waals surface area (Å²) in [5, 5.41) is 9.43. The molecule has 21 heavy (non-hydrogen) atoms. The molecule has 0 amide bonds. The van der Waals surface area contributed by atoms with Gasteiger partial charge in [-0.25, -0.2) is 8.42 Å². The van der Waals surface area contributed by atoms with Crippen molar-refractivity contribution in [2.24, 2.45) is 0 Å². The van der Waals surface area contributed by atoms with Gasteiger partial charge in [0.25, 0.3) is 0 Å². The molecule has 0 aromatic heterocycles. The number of aliphatic hydroxyl groups excluding tert-OH is 1. The average Bonchev–Trinajstić information content (AvgIpc) is 2.48. The molecule has 1 N–H and O–H groups in total. The molecule has 3 rings (SSSR count). The number of hydrogen-bond acceptors (Lipinski definition) is 3. The summed E-state index contributed by atoms with van der Waals surface area (Å²) in [6.45, 7) is 2.10. The Kier molecular flexibility index (Phi) is 3.59. The lowest BCUT2D eigenvalue weighted by Gasteiger charge is -2.22. The van der Waals surface area contributed by atoms with Gasteiger partial charge in [0, 0.05) is 18.9 Å². The van der Waals surface area contributed by atoms with E-state index in [0.717, 1.165) is 23.1 Å². The fraction of sp³-hybridized carbons (Fsp3) is 0.294. The van der Waals surface area contributed by atoms with Crippen LogP contribution in [0.1, 0.15) is 36.0 Å². The first-order valence-electron chi connectivity index (χ1n) is 7.14. The second kappa shape index (κ2) is 5.28. The van der Waals surface area contributed by atoms with Crippen LogP contribution in [0.3, 0.4) is 0 Å². The van der Waals surface area contributed by atoms with E-state index >= 15 is 0 Å². The Labute approximate surface area is 125 Å². The summed E-state index contributed by atoms with van der Waals surface area (Å²) in [6.07, 6.45) is 1.46. The fourth-order valence-electron chi connectivity index (χ4n) is 2.96. The number of fused-ring (bicyclic) bond motifs is 2. The number of aliphatic hydroxyl groups is 1. The Morgan fingerprint density at radius 3 is 2.52 bits per heavy atom. The van der Waals surface area contributed by atoms with Gasteiger partial charge in [-0.2, -0.15) is 0 Å². The first-order chi connectivity index (χ1) is 10.1. The lowest BCUT2D eigenvalue weighted by Crippen LogP contribution is -2.15. The van der Waals surface area contributed by atoms with Crippen molar-refractivity contribution in [1.29, 1.82) is 0 Å². The minimum atomic E-state index is -3.42. The van der Waals surface area contributed by atoms with E-state index in [-0.39, 0.29) is 12.5 Å². The van der Waals surface area contributed by atoms with Crippen LogP contribution in [0.25, 0.3) is 0 Å². The van der Waals surface area contributed by atoms with Crippen LogP contribution in [0.2, 0.25) is 0 Å². The predicted molar refractivity (Wildman–Crippen MR) is 81.3 cm³/mol. The van der Waals surface area contributed by atoms with E-state index in [1.165, 1.54) is 0 Å². The molecule has 110 valence electrons. The summed E-state index contributed by atoms with van der Waals surface area (Å²) in [5.41, 5.74) is 2.69. The van der Waals surface area contributed by atoms with Gasteiger partial charge in [0.05, 0.1) is 9.79 Å². The fourth-order valence-corrected chi connectivity index (χ4v) is 4.66. The summed E-state index contributed by atoms with van der Waals surface area (Å²) in [5.74, 6) is 0.0650. The zero-order valence-electron chi connectivity index (χ0n) is 11.9. The Balaban J connectivity index is 2.15. The van der Waals surface area contributed by atoms with Crippen LogP contribution in [0.15, 0.2) is 52.3 Å². The van der Waals surface area contributed by atoms with Crippen LogP contribution in [0.5, 0.6) is 0 Å². The van der Waals surface area contributed by atoms with Crippen LogP contribution in [0, 0.1) is 0 Å². The summed E-state index contributed by atoms with van der Waals surface area (Å²) in [4.78, 5) is 0.817. The van der Waals surface area contributed by atoms with Gasteiger partial charge in [0.15, 0.2) is 0 Å². The van der Waals surface area contributed by atoms with Crippen molar-refractivity contribution < 1.29 is 13.5 Å². The average molecular weight is 302 g/mol. The Hall–Kier alpha value is -1.65. The molecule has 1 atom stereocenters. The number of sulfone groups is 1. The van der Waals surface area contributed by atoms with Gasteiger partial charge < -0.3 is 5.11 Å². The second-order valence-corrected chi connectivity index (χ2v) is 7.33. The lowest BCUT2D eigenvalue weighted by molar-refractivity contribution is 0.262. The maximum Gasteiger partial charge on any atom is 0.207 e. The zero-order chi connectivity index (χ0) is 15.0. The SMILES string of the molecule is CCC(CO)c1ccc2c(c1)Cc1ccccc1S2(=O)=O. The maximum atomic E-state index is 12.7. The van der Waals surface area contributed by atoms with Crippen molar-refractivity contribution >= 4 is 9.84 Å². The summed E-state index contributed by atoms with van der Waals surface area (Å²) < 4.78 is 25.3. The van der Waals surface area contributed by atoms with Crippen molar-refractivity contribution in [2.75, 3.05) is 6.61 Å². The molecule has 2 aromatic carbocycles. The third kappa shape index (κ3) is 2.28. The van der Waals surface area contributed by atoms with Crippen molar-refractivity contribution in [1.82, 2.24) is 0 Å². The highest BCUT2D eigenvalue weighted by Crippen LogP contribution is 2.35. The van der Waals surface area contributed by atoms with Gasteiger partial charge in [-0.1, -0.05) is 37.3 Å². The van der Waals surface area contributed by atoms with Gasteiger partial charge in [0.1, 0.15) is 0 Å². The van der Waals surface area contributed by atoms with Crippen LogP contribution in [-0.2, 0) is 16.3 Å². The van der Waals surface area contributed by atoms with Gasteiger partial charge >= 0.3 is 0 Å². The van der Waals surface area contributed by atoms with Gasteiger partial charge in [-0.15, -0.1) is 0 Å². The molecule has 0 spiro atoms. The standard InChI is InChI=1S/C17H18O3S/c1-2-12(11-18)13-7-8-17-15(9-13)10-14-5-3-4-6-16(14)21(17,19)20/h3-9,12,18H,2,10-11H2,1H3. The molecule has 2 aromatic rings. The molecule has 0 fully saturated rings. The molecule has 4 heteroatoms. The molecular weight excluding hydrogens is 284 g/mol. The molecule has 0 saturated carbocycles. The van der Waals surface area contributed by atoms with E-state index in [9.17, 15) is 13.5 Å². The quantitative estimate of drug-likeness (QED) is 0.809. The largest absolute Gasteiger partial charge is 0.396 e. The van der Waals surface area contributed by atoms with Gasteiger partial charge in [0.2, 0.25) is 9.84 Å². The minimum Gasteiger partial charge on any atom is -0.396 e. The van der Waals surface area contributed by atoms with E-state index in [2.05, 4.69) is 0 Å². The molecule has 0 bridgehead atoms. The molecule has 0 saturated heterocycles. The molecular formula is C17H18O3S. The molecule has 1 aliphatic rings. The number of rotatable bonds is 3. The Morgan fingerprint density at radius 2 is 1.81 bits per heavy atom. The first-order valence-corrected chi connectivity index (χ1v) is 8.63. The lowest BCUT2D eigenvalue weighted by atomic mass is 9.94. The zero-order valence-corrected chi connectivity index (χ0v) is 12.7. The Morgan fingerprint density at radius 1 is 1.10 bits per heavy atom. The summed E-state index contributed by atoms with van der Waals surface area (Å²) in [6, 6.07) is 12.6. The summed E-state index contributed by atoms with van der Waals surface area (Å²) in [7, 11) is -3.42. The van der Waals surface area contributed by atoms with Crippen molar-refractivity contribution in [3.8, 4) is 0 Å². The molecule has 0 radical (unpaired) electrons. The predicted octanol–water partition coefficient (Wildman–Crippen LogP) is 2.91. The minimum absolute atomic E-state index is 0.0650. The van der Waals surface area contributed by atoms with Crippen LogP contribution in [-0.4, -0.2) is 20.1 Å². The van der Waals surface area contributed by atoms with Crippen LogP contribution < -0.4 is 0 Å². The van der Waals surface area contributed by atoms with Crippen molar-refractivity contribution in [3.63, 3.8) is 0 Å². The number of benzene rings is 2. The highest BCUT2D eigenvalue weighted by atomic mass is 32.2. The normalized spacial score (nSPS) is 16.9. The molecule has 3 nitrogen and oxygen atoms in total. The van der Waals surface area contributed by atoms with Crippen LogP contribution in [0.4, 0.5) is 0 Å². The van der Waals surface area contributed by atoms with Gasteiger partial charge in [-0.05, 0) is 35.2 Å². The van der Waals surface area contributed by atoms with E-state index in [0.29, 0.717) is 16.2 Å². The number of hydrogen-bond donors (Lipinski definition) is 1. The third-order valence-electron chi connectivity index (χ3n) is 4.20.